The molecule has 0 bridgehead atoms. The van der Waals surface area contributed by atoms with Gasteiger partial charge in [-0.15, -0.1) is 0 Å². The van der Waals surface area contributed by atoms with Gasteiger partial charge in [0.1, 0.15) is 6.54 Å². The standard InChI is InChI=1S/C11H12ClNO6S/c12-10-8(1-3-19-10)11(16)13(5-9(14)15)7-2-4-20(17,18)6-7/h1,3,7H,2,4-6H2,(H,14,15). The highest BCUT2D eigenvalue weighted by atomic mass is 35.5. The molecule has 20 heavy (non-hydrogen) atoms. The zero-order chi connectivity index (χ0) is 14.9. The van der Waals surface area contributed by atoms with E-state index in [1.165, 1.54) is 12.3 Å². The van der Waals surface area contributed by atoms with E-state index in [-0.39, 0.29) is 28.7 Å². The molecule has 0 aromatic carbocycles. The van der Waals surface area contributed by atoms with E-state index in [1.54, 1.807) is 0 Å². The van der Waals surface area contributed by atoms with Crippen molar-refractivity contribution in [2.45, 2.75) is 12.5 Å². The van der Waals surface area contributed by atoms with E-state index in [0.717, 1.165) is 4.90 Å². The first-order valence-corrected chi connectivity index (χ1v) is 7.96. The summed E-state index contributed by atoms with van der Waals surface area (Å²) in [6.45, 7) is -0.583. The van der Waals surface area contributed by atoms with Crippen LogP contribution >= 0.6 is 11.6 Å². The summed E-state index contributed by atoms with van der Waals surface area (Å²) in [6, 6.07) is 0.665. The number of nitrogens with zero attached hydrogens (tertiary/aromatic N) is 1. The van der Waals surface area contributed by atoms with Crippen molar-refractivity contribution in [1.82, 2.24) is 4.90 Å². The average Bonchev–Trinajstić information content (AvgIpc) is 2.91. The number of sulfone groups is 1. The lowest BCUT2D eigenvalue weighted by atomic mass is 10.2. The zero-order valence-corrected chi connectivity index (χ0v) is 11.9. The molecule has 7 nitrogen and oxygen atoms in total. The molecule has 0 spiro atoms. The van der Waals surface area contributed by atoms with Gasteiger partial charge in [-0.05, 0) is 24.1 Å². The molecule has 1 N–H and O–H groups in total. The fourth-order valence-electron chi connectivity index (χ4n) is 2.13. The SMILES string of the molecule is O=C(O)CN(C(=O)c1ccoc1Cl)C1CCS(=O)(=O)C1. The van der Waals surface area contributed by atoms with Gasteiger partial charge in [0.15, 0.2) is 9.84 Å². The third-order valence-corrected chi connectivity index (χ3v) is 5.11. The molecule has 1 amide bonds. The van der Waals surface area contributed by atoms with Gasteiger partial charge in [0, 0.05) is 6.04 Å². The molecule has 1 saturated heterocycles. The van der Waals surface area contributed by atoms with Crippen molar-refractivity contribution >= 4 is 33.3 Å². The molecular formula is C11H12ClNO6S. The van der Waals surface area contributed by atoms with E-state index in [4.69, 9.17) is 21.1 Å². The molecule has 1 aliphatic rings. The zero-order valence-electron chi connectivity index (χ0n) is 10.3. The first-order chi connectivity index (χ1) is 9.30. The van der Waals surface area contributed by atoms with E-state index in [1.807, 2.05) is 0 Å². The van der Waals surface area contributed by atoms with Crippen LogP contribution in [0.5, 0.6) is 0 Å². The quantitative estimate of drug-likeness (QED) is 0.872. The predicted molar refractivity (Wildman–Crippen MR) is 69.4 cm³/mol. The molecule has 1 unspecified atom stereocenters. The number of hydrogen-bond donors (Lipinski definition) is 1. The van der Waals surface area contributed by atoms with Crippen LogP contribution in [0.4, 0.5) is 0 Å². The molecule has 0 aliphatic carbocycles. The Hall–Kier alpha value is -1.54. The highest BCUT2D eigenvalue weighted by molar-refractivity contribution is 7.91. The van der Waals surface area contributed by atoms with Gasteiger partial charge in [0.2, 0.25) is 5.22 Å². The topological polar surface area (TPSA) is 105 Å². The average molecular weight is 322 g/mol. The van der Waals surface area contributed by atoms with Crippen LogP contribution in [0.3, 0.4) is 0 Å². The second kappa shape index (κ2) is 5.45. The molecule has 1 atom stereocenters. The van der Waals surface area contributed by atoms with Gasteiger partial charge in [0.05, 0.1) is 23.3 Å². The fraction of sp³-hybridized carbons (Fsp3) is 0.455. The van der Waals surface area contributed by atoms with Crippen LogP contribution in [0.25, 0.3) is 0 Å². The summed E-state index contributed by atoms with van der Waals surface area (Å²) in [7, 11) is -3.23. The van der Waals surface area contributed by atoms with Crippen molar-refractivity contribution in [2.75, 3.05) is 18.1 Å². The van der Waals surface area contributed by atoms with Crippen LogP contribution in [0.15, 0.2) is 16.7 Å². The van der Waals surface area contributed by atoms with E-state index in [0.29, 0.717) is 0 Å². The minimum Gasteiger partial charge on any atom is -0.480 e. The minimum absolute atomic E-state index is 0.0252. The Bertz CT molecular complexity index is 637. The normalized spacial score (nSPS) is 20.8. The third kappa shape index (κ3) is 3.13. The minimum atomic E-state index is -3.23. The molecule has 1 fully saturated rings. The third-order valence-electron chi connectivity index (χ3n) is 3.06. The summed E-state index contributed by atoms with van der Waals surface area (Å²) in [4.78, 5) is 24.2. The van der Waals surface area contributed by atoms with Gasteiger partial charge in [-0.1, -0.05) is 0 Å². The molecule has 2 heterocycles. The lowest BCUT2D eigenvalue weighted by Crippen LogP contribution is -2.44. The van der Waals surface area contributed by atoms with Gasteiger partial charge in [-0.3, -0.25) is 9.59 Å². The second-order valence-corrected chi connectivity index (χ2v) is 7.06. The summed E-state index contributed by atoms with van der Waals surface area (Å²) in [5.74, 6) is -2.16. The summed E-state index contributed by atoms with van der Waals surface area (Å²) in [5, 5.41) is 8.74. The monoisotopic (exact) mass is 321 g/mol. The molecule has 1 aromatic heterocycles. The Morgan fingerprint density at radius 3 is 2.65 bits per heavy atom. The van der Waals surface area contributed by atoms with Crippen molar-refractivity contribution < 1.29 is 27.5 Å². The number of carboxylic acids is 1. The number of rotatable bonds is 4. The first-order valence-electron chi connectivity index (χ1n) is 5.76. The number of hydrogen-bond acceptors (Lipinski definition) is 5. The van der Waals surface area contributed by atoms with E-state index in [2.05, 4.69) is 0 Å². The number of carboxylic acid groups (broad SMARTS) is 1. The highest BCUT2D eigenvalue weighted by Gasteiger charge is 2.36. The Kier molecular flexibility index (Phi) is 4.05. The van der Waals surface area contributed by atoms with Crippen molar-refractivity contribution in [3.63, 3.8) is 0 Å². The van der Waals surface area contributed by atoms with Crippen molar-refractivity contribution in [1.29, 1.82) is 0 Å². The Labute approximate surface area is 120 Å². The van der Waals surface area contributed by atoms with Crippen molar-refractivity contribution in [2.24, 2.45) is 0 Å². The number of amides is 1. The molecule has 110 valence electrons. The Morgan fingerprint density at radius 2 is 2.20 bits per heavy atom. The van der Waals surface area contributed by atoms with Crippen molar-refractivity contribution in [3.8, 4) is 0 Å². The van der Waals surface area contributed by atoms with Gasteiger partial charge in [-0.25, -0.2) is 8.42 Å². The largest absolute Gasteiger partial charge is 0.480 e. The molecular weight excluding hydrogens is 310 g/mol. The van der Waals surface area contributed by atoms with Crippen LogP contribution in [-0.4, -0.2) is 54.4 Å². The van der Waals surface area contributed by atoms with Gasteiger partial charge >= 0.3 is 5.97 Å². The van der Waals surface area contributed by atoms with Gasteiger partial charge in [-0.2, -0.15) is 0 Å². The molecule has 2 rings (SSSR count). The molecule has 9 heteroatoms. The van der Waals surface area contributed by atoms with Gasteiger partial charge < -0.3 is 14.4 Å². The number of aliphatic carboxylic acids is 1. The molecule has 0 radical (unpaired) electrons. The van der Waals surface area contributed by atoms with Gasteiger partial charge in [0.25, 0.3) is 5.91 Å². The number of halogens is 1. The Balaban J connectivity index is 2.27. The van der Waals surface area contributed by atoms with Crippen LogP contribution in [0, 0.1) is 0 Å². The highest BCUT2D eigenvalue weighted by Crippen LogP contribution is 2.23. The van der Waals surface area contributed by atoms with Crippen LogP contribution in [0.1, 0.15) is 16.8 Å². The second-order valence-electron chi connectivity index (χ2n) is 4.49. The summed E-state index contributed by atoms with van der Waals surface area (Å²) >= 11 is 5.70. The summed E-state index contributed by atoms with van der Waals surface area (Å²) < 4.78 is 27.8. The number of carbonyl (C=O) groups is 2. The van der Waals surface area contributed by atoms with Crippen LogP contribution < -0.4 is 0 Å². The molecule has 1 aromatic rings. The number of furan rings is 1. The maximum atomic E-state index is 12.3. The van der Waals surface area contributed by atoms with E-state index in [9.17, 15) is 18.0 Å². The smallest absolute Gasteiger partial charge is 0.323 e. The fourth-order valence-corrected chi connectivity index (χ4v) is 4.06. The maximum Gasteiger partial charge on any atom is 0.323 e. The lowest BCUT2D eigenvalue weighted by molar-refractivity contribution is -0.138. The maximum absolute atomic E-state index is 12.3. The summed E-state index contributed by atoms with van der Waals surface area (Å²) in [5.41, 5.74) is 0.0252. The van der Waals surface area contributed by atoms with E-state index >= 15 is 0 Å². The molecule has 1 aliphatic heterocycles. The van der Waals surface area contributed by atoms with E-state index < -0.39 is 34.3 Å². The van der Waals surface area contributed by atoms with Crippen molar-refractivity contribution in [3.05, 3.63) is 23.1 Å². The first kappa shape index (κ1) is 14.9. The Morgan fingerprint density at radius 1 is 1.50 bits per heavy atom. The predicted octanol–water partition coefficient (Wildman–Crippen LogP) is 0.647. The summed E-state index contributed by atoms with van der Waals surface area (Å²) in [6.07, 6.45) is 1.43. The lowest BCUT2D eigenvalue weighted by Gasteiger charge is -2.26. The van der Waals surface area contributed by atoms with Crippen LogP contribution in [0.2, 0.25) is 5.22 Å². The molecule has 0 saturated carbocycles. The van der Waals surface area contributed by atoms with Crippen LogP contribution in [-0.2, 0) is 14.6 Å². The number of carbonyl (C=O) groups excluding carboxylic acids is 1.